The Morgan fingerprint density at radius 2 is 1.62 bits per heavy atom. The van der Waals surface area contributed by atoms with E-state index in [0.29, 0.717) is 29.1 Å². The van der Waals surface area contributed by atoms with Crippen molar-refractivity contribution in [1.82, 2.24) is 4.90 Å². The third kappa shape index (κ3) is 4.47. The smallest absolute Gasteiger partial charge is 0.307 e. The molecule has 2 aliphatic heterocycles. The molecule has 0 aromatic heterocycles. The van der Waals surface area contributed by atoms with Gasteiger partial charge >= 0.3 is 6.03 Å². The van der Waals surface area contributed by atoms with Crippen molar-refractivity contribution in [3.63, 3.8) is 0 Å². The number of anilines is 2. The number of hydrogen-bond acceptors (Lipinski definition) is 5. The van der Waals surface area contributed by atoms with E-state index in [1.54, 1.807) is 36.0 Å². The second kappa shape index (κ2) is 9.95. The number of hydrogen-bond donors (Lipinski definition) is 1. The Morgan fingerprint density at radius 3 is 2.43 bits per heavy atom. The predicted molar refractivity (Wildman–Crippen MR) is 149 cm³/mol. The predicted octanol–water partition coefficient (Wildman–Crippen LogP) is 6.08. The molecule has 0 saturated heterocycles. The first-order valence-electron chi connectivity index (χ1n) is 12.0. The standard InChI is InChI=1S/C29H23N3O3S2/c33-27-21-10-1-2-11-22(21)28(34)31(27)16-17-36-20-9-7-8-19(18-20)30-29(35)32-23-12-3-5-14-25(23)37-26-15-6-4-13-24(26)32/h1-15,18,23,25H,16-17H2,(H,30,35). The van der Waals surface area contributed by atoms with Crippen LogP contribution in [0.15, 0.2) is 107 Å². The van der Waals surface area contributed by atoms with Gasteiger partial charge in [-0.1, -0.05) is 54.6 Å². The maximum Gasteiger partial charge on any atom is 0.326 e. The highest BCUT2D eigenvalue weighted by Crippen LogP contribution is 2.43. The first-order chi connectivity index (χ1) is 18.1. The number of benzene rings is 3. The summed E-state index contributed by atoms with van der Waals surface area (Å²) in [6.45, 7) is 0.318. The van der Waals surface area contributed by atoms with E-state index >= 15 is 0 Å². The molecule has 0 saturated carbocycles. The number of para-hydroxylation sites is 1. The van der Waals surface area contributed by atoms with E-state index in [2.05, 4.69) is 17.5 Å². The molecule has 3 aromatic carbocycles. The van der Waals surface area contributed by atoms with Gasteiger partial charge in [0.1, 0.15) is 0 Å². The van der Waals surface area contributed by atoms with Gasteiger partial charge < -0.3 is 5.32 Å². The fourth-order valence-electron chi connectivity index (χ4n) is 4.77. The van der Waals surface area contributed by atoms with Gasteiger partial charge in [0.15, 0.2) is 0 Å². The van der Waals surface area contributed by atoms with E-state index in [4.69, 9.17) is 0 Å². The Kier molecular flexibility index (Phi) is 6.36. The lowest BCUT2D eigenvalue weighted by Crippen LogP contribution is -2.49. The van der Waals surface area contributed by atoms with Crippen molar-refractivity contribution in [2.45, 2.75) is 21.1 Å². The molecule has 3 aliphatic rings. The van der Waals surface area contributed by atoms with Crippen molar-refractivity contribution in [3.05, 3.63) is 108 Å². The zero-order valence-electron chi connectivity index (χ0n) is 19.7. The Morgan fingerprint density at radius 1 is 0.892 bits per heavy atom. The van der Waals surface area contributed by atoms with Crippen LogP contribution in [0.4, 0.5) is 16.2 Å². The Balaban J connectivity index is 1.13. The van der Waals surface area contributed by atoms with Crippen LogP contribution in [0.5, 0.6) is 0 Å². The van der Waals surface area contributed by atoms with Crippen molar-refractivity contribution in [2.24, 2.45) is 0 Å². The molecule has 2 unspecified atom stereocenters. The normalized spacial score (nSPS) is 19.5. The van der Waals surface area contributed by atoms with Gasteiger partial charge in [-0.15, -0.1) is 23.5 Å². The molecule has 0 fully saturated rings. The van der Waals surface area contributed by atoms with Crippen LogP contribution < -0.4 is 10.2 Å². The molecule has 0 radical (unpaired) electrons. The highest BCUT2D eigenvalue weighted by molar-refractivity contribution is 8.00. The molecule has 8 heteroatoms. The molecule has 3 aromatic rings. The first kappa shape index (κ1) is 23.6. The third-order valence-electron chi connectivity index (χ3n) is 6.51. The SMILES string of the molecule is O=C1c2ccccc2C(=O)N1CCSc1cccc(NC(=O)N2c3ccccc3SC3C=CC=CC32)c1. The zero-order chi connectivity index (χ0) is 25.4. The summed E-state index contributed by atoms with van der Waals surface area (Å²) < 4.78 is 0. The first-order valence-corrected chi connectivity index (χ1v) is 13.9. The molecule has 2 atom stereocenters. The summed E-state index contributed by atoms with van der Waals surface area (Å²) in [5.74, 6) is 0.0692. The van der Waals surface area contributed by atoms with Gasteiger partial charge in [0.25, 0.3) is 11.8 Å². The fourth-order valence-corrected chi connectivity index (χ4v) is 6.92. The van der Waals surface area contributed by atoms with Crippen LogP contribution in [0.25, 0.3) is 0 Å². The molecule has 6 rings (SSSR count). The van der Waals surface area contributed by atoms with E-state index in [1.165, 1.54) is 16.7 Å². The van der Waals surface area contributed by atoms with Gasteiger partial charge in [-0.25, -0.2) is 4.79 Å². The number of amides is 4. The molecule has 4 amide bonds. The summed E-state index contributed by atoms with van der Waals surface area (Å²) in [6.07, 6.45) is 8.22. The Hall–Kier alpha value is -3.75. The van der Waals surface area contributed by atoms with Crippen molar-refractivity contribution in [3.8, 4) is 0 Å². The third-order valence-corrected chi connectivity index (χ3v) is 8.79. The monoisotopic (exact) mass is 525 g/mol. The second-order valence-electron chi connectivity index (χ2n) is 8.79. The van der Waals surface area contributed by atoms with E-state index in [1.807, 2.05) is 65.6 Å². The van der Waals surface area contributed by atoms with Gasteiger partial charge in [-0.3, -0.25) is 19.4 Å². The summed E-state index contributed by atoms with van der Waals surface area (Å²) in [5.41, 5.74) is 2.52. The zero-order valence-corrected chi connectivity index (χ0v) is 21.4. The van der Waals surface area contributed by atoms with Crippen LogP contribution in [0, 0.1) is 0 Å². The van der Waals surface area contributed by atoms with Gasteiger partial charge in [0, 0.05) is 27.8 Å². The van der Waals surface area contributed by atoms with Crippen LogP contribution in [0.3, 0.4) is 0 Å². The maximum absolute atomic E-state index is 13.5. The summed E-state index contributed by atoms with van der Waals surface area (Å²) in [5, 5.41) is 3.23. The van der Waals surface area contributed by atoms with E-state index in [0.717, 1.165) is 15.5 Å². The van der Waals surface area contributed by atoms with Gasteiger partial charge in [-0.05, 0) is 42.5 Å². The molecular weight excluding hydrogens is 502 g/mol. The number of allylic oxidation sites excluding steroid dienone is 2. The van der Waals surface area contributed by atoms with E-state index in [-0.39, 0.29) is 29.1 Å². The van der Waals surface area contributed by atoms with Gasteiger partial charge in [0.2, 0.25) is 0 Å². The number of rotatable bonds is 5. The van der Waals surface area contributed by atoms with Gasteiger partial charge in [-0.2, -0.15) is 0 Å². The maximum atomic E-state index is 13.5. The average Bonchev–Trinajstić information content (AvgIpc) is 3.17. The lowest BCUT2D eigenvalue weighted by molar-refractivity contribution is 0.0664. The van der Waals surface area contributed by atoms with Crippen molar-refractivity contribution < 1.29 is 14.4 Å². The molecular formula is C29H23N3O3S2. The molecule has 184 valence electrons. The minimum absolute atomic E-state index is 0.0675. The van der Waals surface area contributed by atoms with Gasteiger partial charge in [0.05, 0.1) is 28.1 Å². The summed E-state index contributed by atoms with van der Waals surface area (Å²) in [4.78, 5) is 43.9. The number of nitrogens with zero attached hydrogens (tertiary/aromatic N) is 2. The number of fused-ring (bicyclic) bond motifs is 3. The molecule has 1 aliphatic carbocycles. The number of urea groups is 1. The molecule has 37 heavy (non-hydrogen) atoms. The lowest BCUT2D eigenvalue weighted by Gasteiger charge is -2.40. The van der Waals surface area contributed by atoms with Crippen LogP contribution in [0.2, 0.25) is 0 Å². The molecule has 2 heterocycles. The summed E-state index contributed by atoms with van der Waals surface area (Å²) >= 11 is 3.31. The minimum Gasteiger partial charge on any atom is -0.307 e. The van der Waals surface area contributed by atoms with Crippen molar-refractivity contribution in [2.75, 3.05) is 22.5 Å². The van der Waals surface area contributed by atoms with Crippen molar-refractivity contribution in [1.29, 1.82) is 0 Å². The fraction of sp³-hybridized carbons (Fsp3) is 0.138. The number of imide groups is 1. The van der Waals surface area contributed by atoms with E-state index < -0.39 is 0 Å². The molecule has 6 nitrogen and oxygen atoms in total. The Labute approximate surface area is 223 Å². The minimum atomic E-state index is -0.243. The number of carbonyl (C=O) groups is 3. The van der Waals surface area contributed by atoms with Crippen LogP contribution >= 0.6 is 23.5 Å². The number of nitrogens with one attached hydrogen (secondary N) is 1. The quantitative estimate of drug-likeness (QED) is 0.323. The van der Waals surface area contributed by atoms with Crippen LogP contribution in [0.1, 0.15) is 20.7 Å². The van der Waals surface area contributed by atoms with Crippen LogP contribution in [-0.2, 0) is 0 Å². The molecule has 1 N–H and O–H groups in total. The molecule has 0 bridgehead atoms. The Bertz CT molecular complexity index is 1430. The van der Waals surface area contributed by atoms with Crippen LogP contribution in [-0.4, -0.2) is 46.3 Å². The summed E-state index contributed by atoms with van der Waals surface area (Å²) in [7, 11) is 0. The van der Waals surface area contributed by atoms with E-state index in [9.17, 15) is 14.4 Å². The highest BCUT2D eigenvalue weighted by atomic mass is 32.2. The number of carbonyl (C=O) groups excluding carboxylic acids is 3. The lowest BCUT2D eigenvalue weighted by atomic mass is 10.1. The average molecular weight is 526 g/mol. The molecule has 0 spiro atoms. The number of thioether (sulfide) groups is 2. The van der Waals surface area contributed by atoms with Crippen molar-refractivity contribution >= 4 is 52.7 Å². The highest BCUT2D eigenvalue weighted by Gasteiger charge is 2.37. The topological polar surface area (TPSA) is 69.7 Å². The largest absolute Gasteiger partial charge is 0.326 e. The summed E-state index contributed by atoms with van der Waals surface area (Å²) in [6, 6.07) is 22.3. The second-order valence-corrected chi connectivity index (χ2v) is 11.2.